The average Bonchev–Trinajstić information content (AvgIpc) is 2.39. The zero-order chi connectivity index (χ0) is 13.4. The smallest absolute Gasteiger partial charge is 0.0899 e. The van der Waals surface area contributed by atoms with E-state index < -0.39 is 5.60 Å². The van der Waals surface area contributed by atoms with Crippen molar-refractivity contribution in [2.24, 2.45) is 5.73 Å². The number of aliphatic hydroxyl groups is 1. The molecule has 0 spiro atoms. The minimum atomic E-state index is -0.790. The molecule has 0 aliphatic carbocycles. The number of nitrogens with two attached hydrogens (primary N) is 1. The van der Waals surface area contributed by atoms with Crippen LogP contribution in [0.5, 0.6) is 0 Å². The van der Waals surface area contributed by atoms with Crippen molar-refractivity contribution in [3.05, 3.63) is 35.4 Å². The second-order valence-corrected chi connectivity index (χ2v) is 4.70. The number of hydrogen-bond acceptors (Lipinski definition) is 2. The van der Waals surface area contributed by atoms with Gasteiger partial charge in [-0.2, -0.15) is 0 Å². The summed E-state index contributed by atoms with van der Waals surface area (Å²) in [6, 6.07) is 7.88. The maximum Gasteiger partial charge on any atom is 0.0899 e. The first-order valence-corrected chi connectivity index (χ1v) is 6.62. The van der Waals surface area contributed by atoms with E-state index in [2.05, 4.69) is 12.8 Å². The highest BCUT2D eigenvalue weighted by molar-refractivity contribution is 5.32. The SMILES string of the molecule is C#CCCCC(O)(CCC)c1ccccc1CN. The van der Waals surface area contributed by atoms with Crippen LogP contribution in [0.3, 0.4) is 0 Å². The Kier molecular flexibility index (Phi) is 5.91. The van der Waals surface area contributed by atoms with Crippen molar-refractivity contribution in [2.75, 3.05) is 0 Å². The summed E-state index contributed by atoms with van der Waals surface area (Å²) in [5, 5.41) is 10.9. The lowest BCUT2D eigenvalue weighted by atomic mass is 9.82. The molecule has 2 nitrogen and oxygen atoms in total. The molecule has 1 rings (SSSR count). The second-order valence-electron chi connectivity index (χ2n) is 4.70. The molecule has 2 heteroatoms. The maximum atomic E-state index is 10.9. The fraction of sp³-hybridized carbons (Fsp3) is 0.500. The average molecular weight is 245 g/mol. The Morgan fingerprint density at radius 2 is 2.06 bits per heavy atom. The van der Waals surface area contributed by atoms with E-state index in [0.717, 1.165) is 30.4 Å². The van der Waals surface area contributed by atoms with Crippen molar-refractivity contribution >= 4 is 0 Å². The number of terminal acetylenes is 1. The molecule has 1 atom stereocenters. The van der Waals surface area contributed by atoms with Crippen molar-refractivity contribution in [1.82, 2.24) is 0 Å². The number of unbranched alkanes of at least 4 members (excludes halogenated alkanes) is 1. The summed E-state index contributed by atoms with van der Waals surface area (Å²) in [5.41, 5.74) is 6.95. The van der Waals surface area contributed by atoms with Crippen LogP contribution in [-0.2, 0) is 12.1 Å². The maximum absolute atomic E-state index is 10.9. The van der Waals surface area contributed by atoms with Gasteiger partial charge in [0.05, 0.1) is 5.60 Å². The van der Waals surface area contributed by atoms with Crippen LogP contribution < -0.4 is 5.73 Å². The van der Waals surface area contributed by atoms with Gasteiger partial charge in [-0.1, -0.05) is 37.6 Å². The zero-order valence-electron chi connectivity index (χ0n) is 11.2. The molecular formula is C16H23NO. The summed E-state index contributed by atoms with van der Waals surface area (Å²) in [7, 11) is 0. The van der Waals surface area contributed by atoms with Crippen LogP contribution in [0, 0.1) is 12.3 Å². The third-order valence-corrected chi connectivity index (χ3v) is 3.31. The highest BCUT2D eigenvalue weighted by Crippen LogP contribution is 2.34. The van der Waals surface area contributed by atoms with Gasteiger partial charge in [0.25, 0.3) is 0 Å². The highest BCUT2D eigenvalue weighted by atomic mass is 16.3. The topological polar surface area (TPSA) is 46.2 Å². The van der Waals surface area contributed by atoms with Crippen LogP contribution >= 0.6 is 0 Å². The van der Waals surface area contributed by atoms with Crippen molar-refractivity contribution in [3.63, 3.8) is 0 Å². The van der Waals surface area contributed by atoms with Crippen molar-refractivity contribution in [3.8, 4) is 12.3 Å². The predicted molar refractivity (Wildman–Crippen MR) is 75.8 cm³/mol. The van der Waals surface area contributed by atoms with Gasteiger partial charge in [0, 0.05) is 13.0 Å². The van der Waals surface area contributed by atoms with Gasteiger partial charge in [0.15, 0.2) is 0 Å². The molecule has 0 fully saturated rings. The molecule has 1 unspecified atom stereocenters. The third kappa shape index (κ3) is 3.60. The lowest BCUT2D eigenvalue weighted by Gasteiger charge is -2.30. The summed E-state index contributed by atoms with van der Waals surface area (Å²) in [6.07, 6.45) is 9.20. The Morgan fingerprint density at radius 1 is 1.33 bits per heavy atom. The molecule has 0 radical (unpaired) electrons. The summed E-state index contributed by atoms with van der Waals surface area (Å²) in [5.74, 6) is 2.63. The van der Waals surface area contributed by atoms with Crippen LogP contribution in [-0.4, -0.2) is 5.11 Å². The largest absolute Gasteiger partial charge is 0.385 e. The van der Waals surface area contributed by atoms with E-state index in [0.29, 0.717) is 19.4 Å². The minimum absolute atomic E-state index is 0.456. The van der Waals surface area contributed by atoms with Crippen LogP contribution in [0.2, 0.25) is 0 Å². The predicted octanol–water partition coefficient (Wildman–Crippen LogP) is 2.94. The van der Waals surface area contributed by atoms with Gasteiger partial charge in [-0.05, 0) is 30.4 Å². The number of rotatable bonds is 7. The van der Waals surface area contributed by atoms with Crippen molar-refractivity contribution in [1.29, 1.82) is 0 Å². The molecule has 0 amide bonds. The third-order valence-electron chi connectivity index (χ3n) is 3.31. The first-order chi connectivity index (χ1) is 8.68. The molecule has 1 aromatic carbocycles. The summed E-state index contributed by atoms with van der Waals surface area (Å²) in [4.78, 5) is 0. The lowest BCUT2D eigenvalue weighted by molar-refractivity contribution is 0.0153. The molecule has 0 aliphatic heterocycles. The second kappa shape index (κ2) is 7.20. The fourth-order valence-electron chi connectivity index (χ4n) is 2.44. The van der Waals surface area contributed by atoms with E-state index in [-0.39, 0.29) is 0 Å². The Bertz CT molecular complexity index is 408. The van der Waals surface area contributed by atoms with Crippen molar-refractivity contribution < 1.29 is 5.11 Å². The molecule has 1 aromatic rings. The normalized spacial score (nSPS) is 13.9. The minimum Gasteiger partial charge on any atom is -0.385 e. The van der Waals surface area contributed by atoms with Gasteiger partial charge in [0.2, 0.25) is 0 Å². The number of benzene rings is 1. The Hall–Kier alpha value is -1.30. The zero-order valence-corrected chi connectivity index (χ0v) is 11.2. The van der Waals surface area contributed by atoms with Gasteiger partial charge in [0.1, 0.15) is 0 Å². The quantitative estimate of drug-likeness (QED) is 0.573. The fourth-order valence-corrected chi connectivity index (χ4v) is 2.44. The highest BCUT2D eigenvalue weighted by Gasteiger charge is 2.29. The number of hydrogen-bond donors (Lipinski definition) is 2. The Morgan fingerprint density at radius 3 is 2.67 bits per heavy atom. The van der Waals surface area contributed by atoms with E-state index in [1.165, 1.54) is 0 Å². The van der Waals surface area contributed by atoms with Crippen LogP contribution in [0.1, 0.15) is 50.2 Å². The van der Waals surface area contributed by atoms with Crippen LogP contribution in [0.25, 0.3) is 0 Å². The molecule has 0 heterocycles. The molecule has 0 saturated carbocycles. The van der Waals surface area contributed by atoms with Gasteiger partial charge >= 0.3 is 0 Å². The van der Waals surface area contributed by atoms with E-state index >= 15 is 0 Å². The summed E-state index contributed by atoms with van der Waals surface area (Å²) in [6.45, 7) is 2.54. The molecule has 0 saturated heterocycles. The van der Waals surface area contributed by atoms with Gasteiger partial charge < -0.3 is 10.8 Å². The molecule has 98 valence electrons. The molecule has 0 bridgehead atoms. The Labute approximate surface area is 110 Å². The molecule has 0 aromatic heterocycles. The monoisotopic (exact) mass is 245 g/mol. The van der Waals surface area contributed by atoms with Crippen LogP contribution in [0.15, 0.2) is 24.3 Å². The van der Waals surface area contributed by atoms with Gasteiger partial charge in [-0.15, -0.1) is 12.3 Å². The van der Waals surface area contributed by atoms with Gasteiger partial charge in [-0.25, -0.2) is 0 Å². The lowest BCUT2D eigenvalue weighted by Crippen LogP contribution is -2.27. The van der Waals surface area contributed by atoms with E-state index in [1.54, 1.807) is 0 Å². The van der Waals surface area contributed by atoms with E-state index in [4.69, 9.17) is 12.2 Å². The van der Waals surface area contributed by atoms with Crippen LogP contribution in [0.4, 0.5) is 0 Å². The molecular weight excluding hydrogens is 222 g/mol. The van der Waals surface area contributed by atoms with E-state index in [9.17, 15) is 5.11 Å². The Balaban J connectivity index is 2.98. The first kappa shape index (κ1) is 14.8. The van der Waals surface area contributed by atoms with E-state index in [1.807, 2.05) is 24.3 Å². The van der Waals surface area contributed by atoms with Gasteiger partial charge in [-0.3, -0.25) is 0 Å². The first-order valence-electron chi connectivity index (χ1n) is 6.62. The molecule has 18 heavy (non-hydrogen) atoms. The molecule has 3 N–H and O–H groups in total. The summed E-state index contributed by atoms with van der Waals surface area (Å²) >= 11 is 0. The van der Waals surface area contributed by atoms with Crippen molar-refractivity contribution in [2.45, 2.75) is 51.2 Å². The summed E-state index contributed by atoms with van der Waals surface area (Å²) < 4.78 is 0. The standard InChI is InChI=1S/C16H23NO/c1-3-5-8-12-16(18,11-4-2)15-10-7-6-9-14(15)13-17/h1,6-7,9-10,18H,4-5,8,11-13,17H2,2H3. The molecule has 0 aliphatic rings.